The van der Waals surface area contributed by atoms with Crippen molar-refractivity contribution >= 4 is 5.82 Å². The standard InChI is InChI=1S/C11H19N5O3/c1-13-10(18)9(12-14(2)11(13)19)16-5-3-15(4-6-16)7-8-17/h17H,3-8H2,1-2H3. The van der Waals surface area contributed by atoms with Crippen molar-refractivity contribution in [3.63, 3.8) is 0 Å². The van der Waals surface area contributed by atoms with Crippen molar-refractivity contribution in [3.05, 3.63) is 20.8 Å². The van der Waals surface area contributed by atoms with E-state index in [1.165, 1.54) is 18.8 Å². The molecule has 1 aromatic rings. The number of β-amino-alcohol motifs (C(OH)–C–C–N with tert-alkyl or cyclic N) is 1. The average Bonchev–Trinajstić information content (AvgIpc) is 2.42. The van der Waals surface area contributed by atoms with Crippen molar-refractivity contribution in [2.24, 2.45) is 14.1 Å². The Morgan fingerprint density at radius 1 is 1.16 bits per heavy atom. The van der Waals surface area contributed by atoms with Crippen molar-refractivity contribution in [1.29, 1.82) is 0 Å². The summed E-state index contributed by atoms with van der Waals surface area (Å²) in [5.41, 5.74) is -0.786. The summed E-state index contributed by atoms with van der Waals surface area (Å²) in [6.45, 7) is 3.66. The van der Waals surface area contributed by atoms with E-state index in [0.29, 0.717) is 25.5 Å². The number of aliphatic hydroxyl groups is 1. The molecule has 1 aliphatic rings. The lowest BCUT2D eigenvalue weighted by molar-refractivity contribution is 0.188. The molecule has 106 valence electrons. The van der Waals surface area contributed by atoms with E-state index in [1.807, 2.05) is 4.90 Å². The Hall–Kier alpha value is -1.67. The highest BCUT2D eigenvalue weighted by atomic mass is 16.3. The van der Waals surface area contributed by atoms with Crippen LogP contribution in [-0.4, -0.2) is 63.7 Å². The van der Waals surface area contributed by atoms with Gasteiger partial charge in [0.15, 0.2) is 0 Å². The molecule has 0 aliphatic carbocycles. The molecule has 0 spiro atoms. The van der Waals surface area contributed by atoms with Gasteiger partial charge in [-0.25, -0.2) is 9.48 Å². The van der Waals surface area contributed by atoms with Gasteiger partial charge in [-0.2, -0.15) is 0 Å². The zero-order valence-corrected chi connectivity index (χ0v) is 11.2. The van der Waals surface area contributed by atoms with E-state index in [4.69, 9.17) is 5.11 Å². The monoisotopic (exact) mass is 269 g/mol. The minimum Gasteiger partial charge on any atom is -0.395 e. The fourth-order valence-electron chi connectivity index (χ4n) is 2.20. The highest BCUT2D eigenvalue weighted by molar-refractivity contribution is 5.35. The van der Waals surface area contributed by atoms with Crippen LogP contribution >= 0.6 is 0 Å². The predicted octanol–water partition coefficient (Wildman–Crippen LogP) is -2.41. The first-order chi connectivity index (χ1) is 9.04. The summed E-state index contributed by atoms with van der Waals surface area (Å²) in [6, 6.07) is 0. The molecule has 8 heteroatoms. The molecule has 0 unspecified atom stereocenters. The number of anilines is 1. The first kappa shape index (κ1) is 13.8. The van der Waals surface area contributed by atoms with E-state index < -0.39 is 5.69 Å². The van der Waals surface area contributed by atoms with Gasteiger partial charge >= 0.3 is 5.69 Å². The Morgan fingerprint density at radius 2 is 1.79 bits per heavy atom. The number of aryl methyl sites for hydroxylation is 1. The molecule has 8 nitrogen and oxygen atoms in total. The lowest BCUT2D eigenvalue weighted by atomic mass is 10.3. The summed E-state index contributed by atoms with van der Waals surface area (Å²) in [7, 11) is 2.99. The number of piperazine rings is 1. The molecule has 1 aromatic heterocycles. The minimum atomic E-state index is -0.423. The number of nitrogens with zero attached hydrogens (tertiary/aromatic N) is 5. The van der Waals surface area contributed by atoms with Gasteiger partial charge in [0.05, 0.1) is 6.61 Å². The molecule has 0 radical (unpaired) electrons. The van der Waals surface area contributed by atoms with Crippen LogP contribution in [0.5, 0.6) is 0 Å². The van der Waals surface area contributed by atoms with Crippen LogP contribution in [-0.2, 0) is 14.1 Å². The smallest absolute Gasteiger partial charge is 0.346 e. The van der Waals surface area contributed by atoms with Crippen LogP contribution in [0.15, 0.2) is 9.59 Å². The molecule has 1 fully saturated rings. The number of aromatic nitrogens is 3. The molecule has 1 saturated heterocycles. The van der Waals surface area contributed by atoms with Crippen molar-refractivity contribution in [2.75, 3.05) is 44.2 Å². The Bertz CT molecular complexity index is 556. The van der Waals surface area contributed by atoms with Gasteiger partial charge in [-0.05, 0) is 0 Å². The molecular formula is C11H19N5O3. The molecule has 0 atom stereocenters. The maximum Gasteiger partial charge on any atom is 0.346 e. The van der Waals surface area contributed by atoms with E-state index in [2.05, 4.69) is 10.00 Å². The third-order valence-corrected chi connectivity index (χ3v) is 3.39. The second kappa shape index (κ2) is 5.54. The summed E-state index contributed by atoms with van der Waals surface area (Å²) < 4.78 is 2.25. The molecule has 2 heterocycles. The van der Waals surface area contributed by atoms with E-state index in [9.17, 15) is 9.59 Å². The zero-order chi connectivity index (χ0) is 14.0. The quantitative estimate of drug-likeness (QED) is 0.658. The van der Waals surface area contributed by atoms with Gasteiger partial charge < -0.3 is 10.0 Å². The minimum absolute atomic E-state index is 0.139. The van der Waals surface area contributed by atoms with E-state index in [0.717, 1.165) is 17.7 Å². The maximum absolute atomic E-state index is 12.0. The van der Waals surface area contributed by atoms with Gasteiger partial charge in [0.1, 0.15) is 0 Å². The van der Waals surface area contributed by atoms with Crippen molar-refractivity contribution < 1.29 is 5.11 Å². The SMILES string of the molecule is Cn1nc(N2CCN(CCO)CC2)c(=O)n(C)c1=O. The van der Waals surface area contributed by atoms with Gasteiger partial charge in [-0.1, -0.05) is 0 Å². The Kier molecular flexibility index (Phi) is 4.01. The molecule has 19 heavy (non-hydrogen) atoms. The average molecular weight is 269 g/mol. The molecule has 1 N–H and O–H groups in total. The number of hydrogen-bond acceptors (Lipinski definition) is 6. The second-order valence-corrected chi connectivity index (χ2v) is 4.65. The van der Waals surface area contributed by atoms with Crippen LogP contribution in [0.2, 0.25) is 0 Å². The number of aliphatic hydroxyl groups excluding tert-OH is 1. The second-order valence-electron chi connectivity index (χ2n) is 4.65. The Labute approximate surface area is 110 Å². The highest BCUT2D eigenvalue weighted by Gasteiger charge is 2.21. The van der Waals surface area contributed by atoms with E-state index in [1.54, 1.807) is 0 Å². The number of rotatable bonds is 3. The van der Waals surface area contributed by atoms with Crippen LogP contribution in [0.25, 0.3) is 0 Å². The maximum atomic E-state index is 12.0. The lowest BCUT2D eigenvalue weighted by Gasteiger charge is -2.34. The van der Waals surface area contributed by atoms with Crippen molar-refractivity contribution in [3.8, 4) is 0 Å². The molecule has 0 aromatic carbocycles. The summed E-state index contributed by atoms with van der Waals surface area (Å²) in [5.74, 6) is 0.313. The topological polar surface area (TPSA) is 83.6 Å². The van der Waals surface area contributed by atoms with Crippen LogP contribution in [0.1, 0.15) is 0 Å². The predicted molar refractivity (Wildman–Crippen MR) is 70.5 cm³/mol. The first-order valence-corrected chi connectivity index (χ1v) is 6.27. The molecule has 0 bridgehead atoms. The molecule has 0 amide bonds. The van der Waals surface area contributed by atoms with Gasteiger partial charge in [0.25, 0.3) is 5.56 Å². The van der Waals surface area contributed by atoms with Gasteiger partial charge in [-0.3, -0.25) is 14.3 Å². The van der Waals surface area contributed by atoms with E-state index >= 15 is 0 Å². The molecule has 1 aliphatic heterocycles. The van der Waals surface area contributed by atoms with E-state index in [-0.39, 0.29) is 12.2 Å². The number of hydrogen-bond donors (Lipinski definition) is 1. The largest absolute Gasteiger partial charge is 0.395 e. The van der Waals surface area contributed by atoms with Crippen LogP contribution < -0.4 is 16.1 Å². The molecule has 0 saturated carbocycles. The molecular weight excluding hydrogens is 250 g/mol. The molecule has 2 rings (SSSR count). The van der Waals surface area contributed by atoms with Crippen LogP contribution in [0.3, 0.4) is 0 Å². The lowest BCUT2D eigenvalue weighted by Crippen LogP contribution is -2.51. The van der Waals surface area contributed by atoms with Gasteiger partial charge in [-0.15, -0.1) is 5.10 Å². The van der Waals surface area contributed by atoms with Crippen molar-refractivity contribution in [1.82, 2.24) is 19.2 Å². The normalized spacial score (nSPS) is 16.9. The Balaban J connectivity index is 2.21. The fraction of sp³-hybridized carbons (Fsp3) is 0.727. The summed E-state index contributed by atoms with van der Waals surface area (Å²) in [5, 5.41) is 12.9. The van der Waals surface area contributed by atoms with Crippen LogP contribution in [0.4, 0.5) is 5.82 Å². The summed E-state index contributed by atoms with van der Waals surface area (Å²) in [4.78, 5) is 27.6. The zero-order valence-electron chi connectivity index (χ0n) is 11.2. The summed E-state index contributed by atoms with van der Waals surface area (Å²) >= 11 is 0. The van der Waals surface area contributed by atoms with Gasteiger partial charge in [0.2, 0.25) is 5.82 Å². The van der Waals surface area contributed by atoms with Crippen LogP contribution in [0, 0.1) is 0 Å². The third kappa shape index (κ3) is 2.69. The third-order valence-electron chi connectivity index (χ3n) is 3.39. The van der Waals surface area contributed by atoms with Gasteiger partial charge in [0, 0.05) is 46.8 Å². The first-order valence-electron chi connectivity index (χ1n) is 6.27. The fourth-order valence-corrected chi connectivity index (χ4v) is 2.20. The highest BCUT2D eigenvalue weighted by Crippen LogP contribution is 2.07. The Morgan fingerprint density at radius 3 is 2.37 bits per heavy atom. The van der Waals surface area contributed by atoms with Crippen molar-refractivity contribution in [2.45, 2.75) is 0 Å². The summed E-state index contributed by atoms with van der Waals surface area (Å²) in [6.07, 6.45) is 0.